The Hall–Kier alpha value is -0.120. The number of aliphatic hydroxyl groups excluding tert-OH is 1. The maximum atomic E-state index is 9.96. The molecular weight excluding hydrogens is 238 g/mol. The largest absolute Gasteiger partial charge is 0.389 e. The Labute approximate surface area is 119 Å². The van der Waals surface area contributed by atoms with E-state index >= 15 is 0 Å². The standard InChI is InChI=1S/C16H33NO2/c1-11(2)8-12(3)19-10-13(18)9-17-14-15(4,5)16(14,6)7/h11-14,17-18H,8-10H2,1-7H3. The smallest absolute Gasteiger partial charge is 0.0897 e. The van der Waals surface area contributed by atoms with E-state index in [0.29, 0.717) is 35.9 Å². The molecule has 2 N–H and O–H groups in total. The van der Waals surface area contributed by atoms with Crippen molar-refractivity contribution in [3.63, 3.8) is 0 Å². The van der Waals surface area contributed by atoms with E-state index in [9.17, 15) is 5.11 Å². The molecule has 0 aromatic rings. The first-order valence-electron chi connectivity index (χ1n) is 7.62. The average molecular weight is 271 g/mol. The predicted octanol–water partition coefficient (Wildman–Crippen LogP) is 2.82. The van der Waals surface area contributed by atoms with Crippen LogP contribution in [0, 0.1) is 16.7 Å². The van der Waals surface area contributed by atoms with Crippen molar-refractivity contribution in [1.82, 2.24) is 5.32 Å². The first-order chi connectivity index (χ1) is 8.59. The molecule has 1 aliphatic rings. The molecule has 1 fully saturated rings. The highest BCUT2D eigenvalue weighted by Crippen LogP contribution is 2.62. The molecule has 0 spiro atoms. The van der Waals surface area contributed by atoms with Crippen LogP contribution in [-0.4, -0.2) is 36.5 Å². The molecule has 0 aromatic heterocycles. The molecule has 1 aliphatic carbocycles. The van der Waals surface area contributed by atoms with Gasteiger partial charge >= 0.3 is 0 Å². The number of nitrogens with one attached hydrogen (secondary N) is 1. The molecule has 0 bridgehead atoms. The zero-order valence-electron chi connectivity index (χ0n) is 13.8. The lowest BCUT2D eigenvalue weighted by Gasteiger charge is -2.18. The topological polar surface area (TPSA) is 41.5 Å². The van der Waals surface area contributed by atoms with Crippen molar-refractivity contribution in [1.29, 1.82) is 0 Å². The summed E-state index contributed by atoms with van der Waals surface area (Å²) < 4.78 is 5.68. The molecule has 0 aromatic carbocycles. The first-order valence-corrected chi connectivity index (χ1v) is 7.62. The highest BCUT2D eigenvalue weighted by molar-refractivity contribution is 5.17. The van der Waals surface area contributed by atoms with E-state index in [1.165, 1.54) is 0 Å². The minimum atomic E-state index is -0.415. The fourth-order valence-corrected chi connectivity index (χ4v) is 3.03. The van der Waals surface area contributed by atoms with Crippen LogP contribution in [0.4, 0.5) is 0 Å². The molecule has 3 nitrogen and oxygen atoms in total. The van der Waals surface area contributed by atoms with Crippen LogP contribution >= 0.6 is 0 Å². The van der Waals surface area contributed by atoms with Gasteiger partial charge in [-0.2, -0.15) is 0 Å². The van der Waals surface area contributed by atoms with Gasteiger partial charge in [0.1, 0.15) is 0 Å². The number of hydrogen-bond acceptors (Lipinski definition) is 3. The molecule has 2 unspecified atom stereocenters. The maximum Gasteiger partial charge on any atom is 0.0897 e. The summed E-state index contributed by atoms with van der Waals surface area (Å²) in [7, 11) is 0. The van der Waals surface area contributed by atoms with Gasteiger partial charge in [0, 0.05) is 12.6 Å². The summed E-state index contributed by atoms with van der Waals surface area (Å²) in [6, 6.07) is 0.489. The van der Waals surface area contributed by atoms with Crippen LogP contribution in [0.5, 0.6) is 0 Å². The Morgan fingerprint density at radius 3 is 2.05 bits per heavy atom. The van der Waals surface area contributed by atoms with Crippen molar-refractivity contribution in [3.8, 4) is 0 Å². The number of hydrogen-bond donors (Lipinski definition) is 2. The monoisotopic (exact) mass is 271 g/mol. The molecule has 0 amide bonds. The summed E-state index contributed by atoms with van der Waals surface area (Å²) in [5.41, 5.74) is 0.636. The third-order valence-electron chi connectivity index (χ3n) is 4.95. The second-order valence-corrected chi connectivity index (χ2v) is 7.71. The number of rotatable bonds is 8. The Morgan fingerprint density at radius 1 is 1.11 bits per heavy atom. The van der Waals surface area contributed by atoms with Crippen molar-refractivity contribution >= 4 is 0 Å². The molecule has 0 radical (unpaired) electrons. The Bertz CT molecular complexity index is 272. The summed E-state index contributed by atoms with van der Waals surface area (Å²) >= 11 is 0. The van der Waals surface area contributed by atoms with Crippen LogP contribution < -0.4 is 5.32 Å². The van der Waals surface area contributed by atoms with Crippen molar-refractivity contribution in [2.24, 2.45) is 16.7 Å². The van der Waals surface area contributed by atoms with Gasteiger partial charge in [-0.3, -0.25) is 0 Å². The zero-order chi connectivity index (χ0) is 14.8. The third kappa shape index (κ3) is 4.17. The second-order valence-electron chi connectivity index (χ2n) is 7.71. The normalized spacial score (nSPS) is 24.5. The van der Waals surface area contributed by atoms with E-state index in [1.807, 2.05) is 0 Å². The quantitative estimate of drug-likeness (QED) is 0.713. The lowest BCUT2D eigenvalue weighted by Crippen LogP contribution is -2.35. The lowest BCUT2D eigenvalue weighted by atomic mass is 10.0. The van der Waals surface area contributed by atoms with Crippen molar-refractivity contribution < 1.29 is 9.84 Å². The van der Waals surface area contributed by atoms with Crippen LogP contribution in [0.3, 0.4) is 0 Å². The van der Waals surface area contributed by atoms with Gasteiger partial charge in [-0.25, -0.2) is 0 Å². The molecule has 19 heavy (non-hydrogen) atoms. The Morgan fingerprint density at radius 2 is 1.63 bits per heavy atom. The average Bonchev–Trinajstić information content (AvgIpc) is 2.63. The lowest BCUT2D eigenvalue weighted by molar-refractivity contribution is -0.00890. The van der Waals surface area contributed by atoms with Crippen LogP contribution in [0.25, 0.3) is 0 Å². The van der Waals surface area contributed by atoms with Gasteiger partial charge in [0.05, 0.1) is 18.8 Å². The predicted molar refractivity (Wildman–Crippen MR) is 80.2 cm³/mol. The van der Waals surface area contributed by atoms with Gasteiger partial charge in [0.15, 0.2) is 0 Å². The fourth-order valence-electron chi connectivity index (χ4n) is 3.03. The highest BCUT2D eigenvalue weighted by Gasteiger charge is 2.64. The second kappa shape index (κ2) is 6.11. The summed E-state index contributed by atoms with van der Waals surface area (Å²) in [5.74, 6) is 0.637. The zero-order valence-corrected chi connectivity index (χ0v) is 13.8. The maximum absolute atomic E-state index is 9.96. The van der Waals surface area contributed by atoms with Crippen LogP contribution in [0.15, 0.2) is 0 Å². The molecule has 1 rings (SSSR count). The van der Waals surface area contributed by atoms with E-state index in [4.69, 9.17) is 4.74 Å². The van der Waals surface area contributed by atoms with Crippen molar-refractivity contribution in [3.05, 3.63) is 0 Å². The molecule has 114 valence electrons. The van der Waals surface area contributed by atoms with Crippen molar-refractivity contribution in [2.75, 3.05) is 13.2 Å². The number of aliphatic hydroxyl groups is 1. The van der Waals surface area contributed by atoms with Gasteiger partial charge in [-0.15, -0.1) is 0 Å². The van der Waals surface area contributed by atoms with E-state index < -0.39 is 6.10 Å². The fraction of sp³-hybridized carbons (Fsp3) is 1.00. The molecule has 0 saturated heterocycles. The summed E-state index contributed by atoms with van der Waals surface area (Å²) in [5, 5.41) is 13.4. The van der Waals surface area contributed by atoms with Crippen LogP contribution in [0.1, 0.15) is 54.9 Å². The van der Waals surface area contributed by atoms with Gasteiger partial charge in [-0.05, 0) is 30.1 Å². The molecule has 1 saturated carbocycles. The Balaban J connectivity index is 2.18. The molecular formula is C16H33NO2. The van der Waals surface area contributed by atoms with Gasteiger partial charge < -0.3 is 15.2 Å². The molecule has 3 heteroatoms. The third-order valence-corrected chi connectivity index (χ3v) is 4.95. The van der Waals surface area contributed by atoms with Crippen LogP contribution in [0.2, 0.25) is 0 Å². The molecule has 0 aliphatic heterocycles. The Kier molecular flexibility index (Phi) is 5.44. The first kappa shape index (κ1) is 16.9. The van der Waals surface area contributed by atoms with Gasteiger partial charge in [0.2, 0.25) is 0 Å². The van der Waals surface area contributed by atoms with E-state index in [1.54, 1.807) is 0 Å². The minimum Gasteiger partial charge on any atom is -0.389 e. The minimum absolute atomic E-state index is 0.225. The van der Waals surface area contributed by atoms with E-state index in [2.05, 4.69) is 53.8 Å². The van der Waals surface area contributed by atoms with E-state index in [0.717, 1.165) is 6.42 Å². The summed E-state index contributed by atoms with van der Waals surface area (Å²) in [6.45, 7) is 16.6. The number of ether oxygens (including phenoxy) is 1. The van der Waals surface area contributed by atoms with Crippen molar-refractivity contribution in [2.45, 2.75) is 73.1 Å². The SMILES string of the molecule is CC(C)CC(C)OCC(O)CNC1C(C)(C)C1(C)C. The summed E-state index contributed by atoms with van der Waals surface area (Å²) in [4.78, 5) is 0. The highest BCUT2D eigenvalue weighted by atomic mass is 16.5. The van der Waals surface area contributed by atoms with Gasteiger partial charge in [0.25, 0.3) is 0 Å². The van der Waals surface area contributed by atoms with Gasteiger partial charge in [-0.1, -0.05) is 41.5 Å². The van der Waals surface area contributed by atoms with E-state index in [-0.39, 0.29) is 6.10 Å². The van der Waals surface area contributed by atoms with Crippen LogP contribution in [-0.2, 0) is 4.74 Å². The summed E-state index contributed by atoms with van der Waals surface area (Å²) in [6.07, 6.45) is 0.855. The molecule has 2 atom stereocenters. The molecule has 0 heterocycles.